The molecule has 1 saturated heterocycles. The Morgan fingerprint density at radius 3 is 2.79 bits per heavy atom. The summed E-state index contributed by atoms with van der Waals surface area (Å²) in [5.41, 5.74) is 1.25. The van der Waals surface area contributed by atoms with Crippen molar-refractivity contribution in [2.45, 2.75) is 32.4 Å². The van der Waals surface area contributed by atoms with Crippen molar-refractivity contribution in [1.29, 1.82) is 0 Å². The van der Waals surface area contributed by atoms with Gasteiger partial charge in [0.1, 0.15) is 0 Å². The van der Waals surface area contributed by atoms with Gasteiger partial charge in [0.2, 0.25) is 21.8 Å². The van der Waals surface area contributed by atoms with Crippen LogP contribution < -0.4 is 10.0 Å². The van der Waals surface area contributed by atoms with Crippen LogP contribution in [0.2, 0.25) is 0 Å². The summed E-state index contributed by atoms with van der Waals surface area (Å²) < 4.78 is 24.0. The van der Waals surface area contributed by atoms with Crippen LogP contribution in [0, 0.1) is 0 Å². The van der Waals surface area contributed by atoms with Gasteiger partial charge in [-0.25, -0.2) is 13.1 Å². The molecular formula is C14H21N5O4S. The number of nitrogens with one attached hydrogen (secondary N) is 2. The lowest BCUT2D eigenvalue weighted by molar-refractivity contribution is -0.129. The molecule has 2 heterocycles. The zero-order chi connectivity index (χ0) is 17.7. The Balaban J connectivity index is 1.96. The van der Waals surface area contributed by atoms with Gasteiger partial charge >= 0.3 is 0 Å². The Hall–Kier alpha value is -2.07. The highest BCUT2D eigenvalue weighted by Crippen LogP contribution is 2.30. The predicted molar refractivity (Wildman–Crippen MR) is 86.1 cm³/mol. The molecule has 0 aromatic carbocycles. The average molecular weight is 355 g/mol. The molecular weight excluding hydrogens is 334 g/mol. The van der Waals surface area contributed by atoms with E-state index < -0.39 is 15.9 Å². The summed E-state index contributed by atoms with van der Waals surface area (Å²) in [5, 5.41) is 2.57. The van der Waals surface area contributed by atoms with Crippen LogP contribution in [0.4, 0.5) is 0 Å². The van der Waals surface area contributed by atoms with Crippen LogP contribution in [0.5, 0.6) is 0 Å². The molecule has 2 rings (SSSR count). The molecule has 2 N–H and O–H groups in total. The highest BCUT2D eigenvalue weighted by atomic mass is 32.2. The van der Waals surface area contributed by atoms with E-state index in [1.54, 1.807) is 11.1 Å². The summed E-state index contributed by atoms with van der Waals surface area (Å²) in [6, 6.07) is -0.0856. The highest BCUT2D eigenvalue weighted by Gasteiger charge is 2.29. The van der Waals surface area contributed by atoms with E-state index >= 15 is 0 Å². The van der Waals surface area contributed by atoms with E-state index in [0.717, 1.165) is 19.1 Å². The lowest BCUT2D eigenvalue weighted by Crippen LogP contribution is -2.36. The van der Waals surface area contributed by atoms with Crippen molar-refractivity contribution in [2.75, 3.05) is 19.3 Å². The number of carbonyl (C=O) groups is 2. The van der Waals surface area contributed by atoms with Crippen molar-refractivity contribution >= 4 is 21.8 Å². The number of amides is 2. The van der Waals surface area contributed by atoms with E-state index in [4.69, 9.17) is 0 Å². The molecule has 0 bridgehead atoms. The van der Waals surface area contributed by atoms with Crippen LogP contribution in [0.3, 0.4) is 0 Å². The van der Waals surface area contributed by atoms with Gasteiger partial charge in [-0.05, 0) is 12.8 Å². The predicted octanol–water partition coefficient (Wildman–Crippen LogP) is -0.675. The first-order chi connectivity index (χ1) is 11.3. The van der Waals surface area contributed by atoms with Crippen LogP contribution in [0.25, 0.3) is 0 Å². The third-order valence-electron chi connectivity index (χ3n) is 3.66. The summed E-state index contributed by atoms with van der Waals surface area (Å²) in [6.07, 6.45) is 5.90. The normalized spacial score (nSPS) is 17.8. The van der Waals surface area contributed by atoms with Gasteiger partial charge in [-0.2, -0.15) is 0 Å². The zero-order valence-corrected chi connectivity index (χ0v) is 14.5. The number of carbonyl (C=O) groups excluding carboxylic acids is 2. The third kappa shape index (κ3) is 5.24. The molecule has 1 atom stereocenters. The smallest absolute Gasteiger partial charge is 0.235 e. The first-order valence-electron chi connectivity index (χ1n) is 7.55. The van der Waals surface area contributed by atoms with Crippen molar-refractivity contribution in [1.82, 2.24) is 24.9 Å². The van der Waals surface area contributed by atoms with Crippen LogP contribution in [0.1, 0.15) is 37.2 Å². The molecule has 0 radical (unpaired) electrons. The molecule has 1 aromatic heterocycles. The quantitative estimate of drug-likeness (QED) is 0.698. The second-order valence-corrected chi connectivity index (χ2v) is 7.51. The Labute approximate surface area is 140 Å². The summed E-state index contributed by atoms with van der Waals surface area (Å²) in [6.45, 7) is 2.05. The third-order valence-corrected chi connectivity index (χ3v) is 4.33. The van der Waals surface area contributed by atoms with E-state index in [-0.39, 0.29) is 25.0 Å². The first kappa shape index (κ1) is 18.3. The van der Waals surface area contributed by atoms with Gasteiger partial charge in [0.25, 0.3) is 0 Å². The van der Waals surface area contributed by atoms with Crippen LogP contribution in [-0.4, -0.2) is 54.4 Å². The van der Waals surface area contributed by atoms with Crippen molar-refractivity contribution in [3.05, 3.63) is 23.8 Å². The molecule has 2 amide bonds. The summed E-state index contributed by atoms with van der Waals surface area (Å²) in [7, 11) is -3.41. The number of aromatic nitrogens is 2. The fourth-order valence-electron chi connectivity index (χ4n) is 2.57. The van der Waals surface area contributed by atoms with Crippen LogP contribution in [-0.2, 0) is 26.2 Å². The van der Waals surface area contributed by atoms with Crippen LogP contribution >= 0.6 is 0 Å². The maximum Gasteiger partial charge on any atom is 0.235 e. The van der Waals surface area contributed by atoms with Crippen molar-refractivity contribution in [2.24, 2.45) is 0 Å². The Bertz CT molecular complexity index is 722. The van der Waals surface area contributed by atoms with E-state index in [1.807, 2.05) is 0 Å². The molecule has 9 nitrogen and oxygen atoms in total. The zero-order valence-electron chi connectivity index (χ0n) is 13.7. The molecule has 24 heavy (non-hydrogen) atoms. The van der Waals surface area contributed by atoms with Gasteiger partial charge < -0.3 is 10.2 Å². The van der Waals surface area contributed by atoms with Gasteiger partial charge in [0.05, 0.1) is 49.2 Å². The second-order valence-electron chi connectivity index (χ2n) is 5.68. The Morgan fingerprint density at radius 2 is 2.12 bits per heavy atom. The summed E-state index contributed by atoms with van der Waals surface area (Å²) in [4.78, 5) is 33.6. The van der Waals surface area contributed by atoms with E-state index in [1.165, 1.54) is 13.1 Å². The molecule has 1 aromatic rings. The number of hydrogen-bond acceptors (Lipinski definition) is 6. The van der Waals surface area contributed by atoms with Crippen molar-refractivity contribution in [3.8, 4) is 0 Å². The number of rotatable bonds is 6. The van der Waals surface area contributed by atoms with Crippen molar-refractivity contribution in [3.63, 3.8) is 0 Å². The fraction of sp³-hybridized carbons (Fsp3) is 0.571. The minimum Gasteiger partial charge on any atom is -0.349 e. The lowest BCUT2D eigenvalue weighted by atomic mass is 10.1. The van der Waals surface area contributed by atoms with E-state index in [9.17, 15) is 18.0 Å². The molecule has 1 aliphatic heterocycles. The van der Waals surface area contributed by atoms with E-state index in [0.29, 0.717) is 17.9 Å². The molecule has 0 unspecified atom stereocenters. The molecule has 1 aliphatic rings. The Kier molecular flexibility index (Phi) is 5.84. The molecule has 0 spiro atoms. The number of hydrogen-bond donors (Lipinski definition) is 2. The lowest BCUT2D eigenvalue weighted by Gasteiger charge is -2.22. The monoisotopic (exact) mass is 355 g/mol. The van der Waals surface area contributed by atoms with Gasteiger partial charge in [0, 0.05) is 13.5 Å². The largest absolute Gasteiger partial charge is 0.349 e. The standard InChI is InChI=1S/C14H21N5O4S/c1-10(20)19-5-3-4-13(19)12-8-15-6-11(18-12)7-16-14(21)9-17-24(2,22)23/h6,8,13,17H,3-5,7,9H2,1-2H3,(H,16,21)/t13-/m0/s1. The van der Waals surface area contributed by atoms with Gasteiger partial charge in [-0.3, -0.25) is 19.6 Å². The maximum atomic E-state index is 11.6. The molecule has 132 valence electrons. The van der Waals surface area contributed by atoms with Gasteiger partial charge in [-0.1, -0.05) is 0 Å². The van der Waals surface area contributed by atoms with Crippen molar-refractivity contribution < 1.29 is 18.0 Å². The minimum atomic E-state index is -3.41. The minimum absolute atomic E-state index is 0.00450. The molecule has 0 aliphatic carbocycles. The summed E-state index contributed by atoms with van der Waals surface area (Å²) >= 11 is 0. The topological polar surface area (TPSA) is 121 Å². The Morgan fingerprint density at radius 1 is 1.38 bits per heavy atom. The maximum absolute atomic E-state index is 11.6. The molecule has 1 fully saturated rings. The van der Waals surface area contributed by atoms with Crippen LogP contribution in [0.15, 0.2) is 12.4 Å². The molecule has 10 heteroatoms. The van der Waals surface area contributed by atoms with Gasteiger partial charge in [0.15, 0.2) is 0 Å². The summed E-state index contributed by atoms with van der Waals surface area (Å²) in [5.74, 6) is -0.455. The SMILES string of the molecule is CC(=O)N1CCC[C@H]1c1cncc(CNC(=O)CNS(C)(=O)=O)n1. The number of nitrogens with zero attached hydrogens (tertiary/aromatic N) is 3. The number of likely N-dealkylation sites (tertiary alicyclic amines) is 1. The van der Waals surface area contributed by atoms with Gasteiger partial charge in [-0.15, -0.1) is 0 Å². The second kappa shape index (κ2) is 7.67. The molecule has 0 saturated carbocycles. The highest BCUT2D eigenvalue weighted by molar-refractivity contribution is 7.88. The average Bonchev–Trinajstić information content (AvgIpc) is 3.00. The fourth-order valence-corrected chi connectivity index (χ4v) is 2.96. The van der Waals surface area contributed by atoms with E-state index in [2.05, 4.69) is 20.0 Å². The number of sulfonamides is 1. The first-order valence-corrected chi connectivity index (χ1v) is 9.45.